The van der Waals surface area contributed by atoms with Crippen molar-refractivity contribution in [2.24, 2.45) is 0 Å². The predicted octanol–water partition coefficient (Wildman–Crippen LogP) is 2.37. The summed E-state index contributed by atoms with van der Waals surface area (Å²) in [6.45, 7) is 0. The highest BCUT2D eigenvalue weighted by atomic mass is 35.5. The molecule has 3 heteroatoms. The molecule has 0 spiro atoms. The van der Waals surface area contributed by atoms with Gasteiger partial charge in [0, 0.05) is 0 Å². The zero-order chi connectivity index (χ0) is 5.72. The summed E-state index contributed by atoms with van der Waals surface area (Å²) in [4.78, 5) is 3.84. The third kappa shape index (κ3) is 0.329. The molecule has 40 valence electrons. The standard InChI is InChI=1S/C5HCl2N/c6-2-1-3-4(2)5(7)8-3/h1H. The van der Waals surface area contributed by atoms with Gasteiger partial charge in [-0.2, -0.15) is 0 Å². The van der Waals surface area contributed by atoms with Gasteiger partial charge in [0.15, 0.2) is 0 Å². The zero-order valence-corrected chi connectivity index (χ0v) is 5.29. The molecule has 1 nitrogen and oxygen atoms in total. The number of rotatable bonds is 0. The number of halogens is 2. The minimum atomic E-state index is 0.549. The molecule has 0 saturated carbocycles. The van der Waals surface area contributed by atoms with E-state index in [1.54, 1.807) is 6.07 Å². The predicted molar refractivity (Wildman–Crippen MR) is 33.3 cm³/mol. The fraction of sp³-hybridized carbons (Fsp3) is 0. The highest BCUT2D eigenvalue weighted by molar-refractivity contribution is 6.41. The first kappa shape index (κ1) is 4.59. The maximum Gasteiger partial charge on any atom is 0.140 e. The van der Waals surface area contributed by atoms with Gasteiger partial charge in [0.2, 0.25) is 0 Å². The lowest BCUT2D eigenvalue weighted by Gasteiger charge is -2.16. The van der Waals surface area contributed by atoms with E-state index in [9.17, 15) is 0 Å². The van der Waals surface area contributed by atoms with Crippen molar-refractivity contribution in [3.63, 3.8) is 0 Å². The average molecular weight is 146 g/mol. The summed E-state index contributed by atoms with van der Waals surface area (Å²) in [6, 6.07) is 1.79. The van der Waals surface area contributed by atoms with Crippen LogP contribution in [0.5, 0.6) is 0 Å². The maximum atomic E-state index is 5.58. The number of nitrogens with zero attached hydrogens (tertiary/aromatic N) is 1. The van der Waals surface area contributed by atoms with Crippen LogP contribution < -0.4 is 0 Å². The molecule has 8 heavy (non-hydrogen) atoms. The van der Waals surface area contributed by atoms with Crippen LogP contribution in [0.3, 0.4) is 0 Å². The number of fused-ring (bicyclic) bond motifs is 1. The molecule has 0 fully saturated rings. The Morgan fingerprint density at radius 2 is 2.12 bits per heavy atom. The third-order valence-corrected chi connectivity index (χ3v) is 1.75. The first-order valence-electron chi connectivity index (χ1n) is 2.15. The number of hydrogen-bond donors (Lipinski definition) is 0. The highest BCUT2D eigenvalue weighted by Crippen LogP contribution is 2.43. The van der Waals surface area contributed by atoms with Crippen LogP contribution in [0.25, 0.3) is 11.3 Å². The Balaban J connectivity index is 2.71. The average Bonchev–Trinajstić information content (AvgIpc) is 1.63. The molecule has 0 N–H and O–H groups in total. The summed E-state index contributed by atoms with van der Waals surface area (Å²) in [7, 11) is 0. The fourth-order valence-electron chi connectivity index (χ4n) is 0.710. The highest BCUT2D eigenvalue weighted by Gasteiger charge is 2.23. The number of aromatic nitrogens is 1. The minimum Gasteiger partial charge on any atom is -0.235 e. The SMILES string of the molecule is Clc1cc2nc(Cl)c1-2. The summed E-state index contributed by atoms with van der Waals surface area (Å²) < 4.78 is 0. The quantitative estimate of drug-likeness (QED) is 0.520. The lowest BCUT2D eigenvalue weighted by atomic mass is 10.1. The van der Waals surface area contributed by atoms with Crippen molar-refractivity contribution in [2.75, 3.05) is 0 Å². The van der Waals surface area contributed by atoms with Crippen LogP contribution in [-0.2, 0) is 0 Å². The van der Waals surface area contributed by atoms with Gasteiger partial charge in [-0.3, -0.25) is 0 Å². The van der Waals surface area contributed by atoms with E-state index in [4.69, 9.17) is 23.2 Å². The minimum absolute atomic E-state index is 0.549. The van der Waals surface area contributed by atoms with E-state index in [1.165, 1.54) is 0 Å². The van der Waals surface area contributed by atoms with Gasteiger partial charge in [0.05, 0.1) is 16.3 Å². The summed E-state index contributed by atoms with van der Waals surface area (Å²) in [5.74, 6) is 0. The molecule has 0 unspecified atom stereocenters. The molecule has 2 rings (SSSR count). The van der Waals surface area contributed by atoms with Crippen molar-refractivity contribution in [3.8, 4) is 11.3 Å². The van der Waals surface area contributed by atoms with Crippen molar-refractivity contribution >= 4 is 23.2 Å². The smallest absolute Gasteiger partial charge is 0.140 e. The van der Waals surface area contributed by atoms with Gasteiger partial charge in [-0.15, -0.1) is 0 Å². The third-order valence-electron chi connectivity index (χ3n) is 1.18. The first-order chi connectivity index (χ1) is 3.79. The first-order valence-corrected chi connectivity index (χ1v) is 2.91. The van der Waals surface area contributed by atoms with Gasteiger partial charge in [0.25, 0.3) is 0 Å². The summed E-state index contributed by atoms with van der Waals surface area (Å²) in [6.07, 6.45) is 0. The van der Waals surface area contributed by atoms with Crippen LogP contribution in [0, 0.1) is 0 Å². The molecule has 1 heterocycles. The summed E-state index contributed by atoms with van der Waals surface area (Å²) in [5, 5.41) is 1.28. The lowest BCUT2D eigenvalue weighted by molar-refractivity contribution is 1.23. The second-order valence-corrected chi connectivity index (χ2v) is 2.42. The largest absolute Gasteiger partial charge is 0.235 e. The van der Waals surface area contributed by atoms with E-state index < -0.39 is 0 Å². The van der Waals surface area contributed by atoms with E-state index in [0.29, 0.717) is 5.15 Å². The van der Waals surface area contributed by atoms with Crippen molar-refractivity contribution in [2.45, 2.75) is 0 Å². The Hall–Kier alpha value is -0.270. The van der Waals surface area contributed by atoms with Crippen molar-refractivity contribution in [3.05, 3.63) is 16.2 Å². The van der Waals surface area contributed by atoms with Gasteiger partial charge in [-0.1, -0.05) is 23.2 Å². The van der Waals surface area contributed by atoms with Crippen molar-refractivity contribution in [1.82, 2.24) is 4.98 Å². The van der Waals surface area contributed by atoms with Gasteiger partial charge in [-0.05, 0) is 6.07 Å². The van der Waals surface area contributed by atoms with Crippen molar-refractivity contribution < 1.29 is 0 Å². The fourth-order valence-corrected chi connectivity index (χ4v) is 1.34. The summed E-state index contributed by atoms with van der Waals surface area (Å²) in [5.41, 5.74) is 1.88. The molecular formula is C5HCl2N. The molecule has 0 atom stereocenters. The van der Waals surface area contributed by atoms with Crippen LogP contribution in [-0.4, -0.2) is 4.98 Å². The molecular weight excluding hydrogens is 145 g/mol. The van der Waals surface area contributed by atoms with E-state index in [0.717, 1.165) is 16.3 Å². The molecule has 0 radical (unpaired) electrons. The molecule has 0 aromatic carbocycles. The van der Waals surface area contributed by atoms with Gasteiger partial charge in [-0.25, -0.2) is 4.98 Å². The molecule has 0 aromatic heterocycles. The monoisotopic (exact) mass is 145 g/mol. The number of hydrogen-bond acceptors (Lipinski definition) is 1. The summed E-state index contributed by atoms with van der Waals surface area (Å²) >= 11 is 11.1. The zero-order valence-electron chi connectivity index (χ0n) is 3.78. The van der Waals surface area contributed by atoms with Crippen LogP contribution in [0.4, 0.5) is 0 Å². The van der Waals surface area contributed by atoms with E-state index in [2.05, 4.69) is 4.98 Å². The lowest BCUT2D eigenvalue weighted by Crippen LogP contribution is -1.99. The van der Waals surface area contributed by atoms with E-state index in [1.807, 2.05) is 0 Å². The second kappa shape index (κ2) is 1.17. The normalized spacial score (nSPS) is 11.8. The van der Waals surface area contributed by atoms with Crippen LogP contribution in [0.2, 0.25) is 10.2 Å². The Bertz CT molecular complexity index is 234. The number of pyridine rings is 1. The Morgan fingerprint density at radius 1 is 1.38 bits per heavy atom. The van der Waals surface area contributed by atoms with Crippen molar-refractivity contribution in [1.29, 1.82) is 0 Å². The maximum absolute atomic E-state index is 5.58. The molecule has 1 aliphatic heterocycles. The second-order valence-electron chi connectivity index (χ2n) is 1.66. The Morgan fingerprint density at radius 3 is 2.38 bits per heavy atom. The Kier molecular flexibility index (Phi) is 0.673. The Labute approximate surface area is 56.3 Å². The van der Waals surface area contributed by atoms with Crippen LogP contribution >= 0.6 is 23.2 Å². The molecule has 0 amide bonds. The van der Waals surface area contributed by atoms with Gasteiger partial charge in [0.1, 0.15) is 5.15 Å². The molecule has 0 saturated heterocycles. The topological polar surface area (TPSA) is 12.9 Å². The van der Waals surface area contributed by atoms with E-state index in [-0.39, 0.29) is 0 Å². The van der Waals surface area contributed by atoms with Crippen LogP contribution in [0.1, 0.15) is 0 Å². The van der Waals surface area contributed by atoms with E-state index >= 15 is 0 Å². The van der Waals surface area contributed by atoms with Gasteiger partial charge < -0.3 is 0 Å². The van der Waals surface area contributed by atoms with Gasteiger partial charge >= 0.3 is 0 Å². The molecule has 0 aromatic rings. The van der Waals surface area contributed by atoms with Crippen LogP contribution in [0.15, 0.2) is 6.07 Å². The molecule has 1 aliphatic carbocycles. The molecule has 0 bridgehead atoms. The molecule has 2 aliphatic rings.